The van der Waals surface area contributed by atoms with Gasteiger partial charge in [-0.15, -0.1) is 0 Å². The number of hydrogen-bond donors (Lipinski definition) is 2. The third kappa shape index (κ3) is 3.18. The van der Waals surface area contributed by atoms with E-state index in [9.17, 15) is 5.11 Å². The molecule has 2 rings (SSSR count). The van der Waals surface area contributed by atoms with Gasteiger partial charge >= 0.3 is 0 Å². The molecule has 0 radical (unpaired) electrons. The maximum atomic E-state index is 9.63. The van der Waals surface area contributed by atoms with Gasteiger partial charge in [-0.05, 0) is 18.8 Å². The van der Waals surface area contributed by atoms with Crippen molar-refractivity contribution in [1.29, 1.82) is 0 Å². The molecule has 1 aromatic heterocycles. The van der Waals surface area contributed by atoms with Crippen molar-refractivity contribution in [3.8, 4) is 0 Å². The van der Waals surface area contributed by atoms with Crippen molar-refractivity contribution in [2.24, 2.45) is 5.41 Å². The summed E-state index contributed by atoms with van der Waals surface area (Å²) in [6.45, 7) is 5.13. The molecule has 106 valence electrons. The Morgan fingerprint density at radius 2 is 2.05 bits per heavy atom. The summed E-state index contributed by atoms with van der Waals surface area (Å²) in [6, 6.07) is 0. The van der Waals surface area contributed by atoms with Gasteiger partial charge in [-0.3, -0.25) is 0 Å². The van der Waals surface area contributed by atoms with E-state index in [0.29, 0.717) is 5.15 Å². The molecule has 1 heterocycles. The average Bonchev–Trinajstić information content (AvgIpc) is 2.85. The summed E-state index contributed by atoms with van der Waals surface area (Å²) in [5.41, 5.74) is 0.960. The lowest BCUT2D eigenvalue weighted by Crippen LogP contribution is -2.31. The van der Waals surface area contributed by atoms with E-state index in [1.807, 2.05) is 0 Å². The van der Waals surface area contributed by atoms with Crippen LogP contribution in [0.15, 0.2) is 6.33 Å². The van der Waals surface area contributed by atoms with Crippen LogP contribution in [0.25, 0.3) is 0 Å². The first-order chi connectivity index (χ1) is 9.08. The third-order valence-electron chi connectivity index (χ3n) is 4.04. The third-order valence-corrected chi connectivity index (χ3v) is 4.34. The van der Waals surface area contributed by atoms with Crippen molar-refractivity contribution in [3.63, 3.8) is 0 Å². The molecule has 19 heavy (non-hydrogen) atoms. The van der Waals surface area contributed by atoms with Gasteiger partial charge in [0, 0.05) is 17.5 Å². The molecule has 1 saturated carbocycles. The first-order valence-corrected chi connectivity index (χ1v) is 7.31. The molecule has 0 bridgehead atoms. The van der Waals surface area contributed by atoms with E-state index in [1.54, 1.807) is 0 Å². The lowest BCUT2D eigenvalue weighted by molar-refractivity contribution is 0.142. The molecule has 1 fully saturated rings. The molecule has 0 spiro atoms. The van der Waals surface area contributed by atoms with E-state index < -0.39 is 0 Å². The lowest BCUT2D eigenvalue weighted by atomic mass is 9.87. The second-order valence-corrected chi connectivity index (χ2v) is 6.16. The van der Waals surface area contributed by atoms with Crippen molar-refractivity contribution in [2.75, 3.05) is 18.5 Å². The Labute approximate surface area is 119 Å². The summed E-state index contributed by atoms with van der Waals surface area (Å²) < 4.78 is 0. The zero-order valence-corrected chi connectivity index (χ0v) is 12.4. The first-order valence-electron chi connectivity index (χ1n) is 6.93. The zero-order chi connectivity index (χ0) is 13.9. The van der Waals surface area contributed by atoms with Gasteiger partial charge in [0.25, 0.3) is 0 Å². The summed E-state index contributed by atoms with van der Waals surface area (Å²) in [5.74, 6) is 1.07. The average molecular weight is 284 g/mol. The number of aromatic nitrogens is 2. The summed E-state index contributed by atoms with van der Waals surface area (Å²) in [4.78, 5) is 8.34. The largest absolute Gasteiger partial charge is 0.396 e. The summed E-state index contributed by atoms with van der Waals surface area (Å²) in [5, 5.41) is 13.5. The van der Waals surface area contributed by atoms with E-state index in [2.05, 4.69) is 29.1 Å². The minimum atomic E-state index is 0.00563. The normalized spacial score (nSPS) is 17.9. The highest BCUT2D eigenvalue weighted by atomic mass is 35.5. The number of nitrogens with one attached hydrogen (secondary N) is 1. The Morgan fingerprint density at radius 3 is 2.63 bits per heavy atom. The predicted molar refractivity (Wildman–Crippen MR) is 77.6 cm³/mol. The molecular weight excluding hydrogens is 262 g/mol. The van der Waals surface area contributed by atoms with E-state index >= 15 is 0 Å². The van der Waals surface area contributed by atoms with Crippen LogP contribution < -0.4 is 5.32 Å². The highest BCUT2D eigenvalue weighted by molar-refractivity contribution is 6.30. The van der Waals surface area contributed by atoms with Crippen LogP contribution in [0.5, 0.6) is 0 Å². The van der Waals surface area contributed by atoms with Gasteiger partial charge in [0.2, 0.25) is 0 Å². The van der Waals surface area contributed by atoms with E-state index in [-0.39, 0.29) is 17.9 Å². The van der Waals surface area contributed by atoms with E-state index in [0.717, 1.165) is 30.8 Å². The fourth-order valence-corrected chi connectivity index (χ4v) is 3.16. The minimum Gasteiger partial charge on any atom is -0.396 e. The van der Waals surface area contributed by atoms with Crippen LogP contribution in [0, 0.1) is 5.41 Å². The highest BCUT2D eigenvalue weighted by Crippen LogP contribution is 2.38. The van der Waals surface area contributed by atoms with Crippen molar-refractivity contribution >= 4 is 17.4 Å². The quantitative estimate of drug-likeness (QED) is 0.815. The fraction of sp³-hybridized carbons (Fsp3) is 0.714. The second kappa shape index (κ2) is 6.06. The standard InChI is InChI=1S/C14H22ClN3O/c1-10(2)11-12(15)17-9-18-13(11)16-7-14(8-19)5-3-4-6-14/h9-10,19H,3-8H2,1-2H3,(H,16,17,18). The Morgan fingerprint density at radius 1 is 1.37 bits per heavy atom. The van der Waals surface area contributed by atoms with Gasteiger partial charge in [0.15, 0.2) is 0 Å². The van der Waals surface area contributed by atoms with Crippen molar-refractivity contribution in [2.45, 2.75) is 45.4 Å². The number of halogens is 1. The highest BCUT2D eigenvalue weighted by Gasteiger charge is 2.33. The molecule has 5 heteroatoms. The topological polar surface area (TPSA) is 58.0 Å². The van der Waals surface area contributed by atoms with Crippen LogP contribution in [0.4, 0.5) is 5.82 Å². The Bertz CT molecular complexity index is 431. The van der Waals surface area contributed by atoms with Crippen LogP contribution in [0.2, 0.25) is 5.15 Å². The van der Waals surface area contributed by atoms with E-state index in [1.165, 1.54) is 19.2 Å². The maximum absolute atomic E-state index is 9.63. The monoisotopic (exact) mass is 283 g/mol. The SMILES string of the molecule is CC(C)c1c(Cl)ncnc1NCC1(CO)CCCC1. The molecule has 0 saturated heterocycles. The number of aliphatic hydroxyl groups excluding tert-OH is 1. The molecule has 0 aliphatic heterocycles. The van der Waals surface area contributed by atoms with Crippen LogP contribution >= 0.6 is 11.6 Å². The second-order valence-electron chi connectivity index (χ2n) is 5.80. The van der Waals surface area contributed by atoms with Gasteiger partial charge < -0.3 is 10.4 Å². The minimum absolute atomic E-state index is 0.00563. The number of rotatable bonds is 5. The maximum Gasteiger partial charge on any atom is 0.138 e. The first kappa shape index (κ1) is 14.5. The summed E-state index contributed by atoms with van der Waals surface area (Å²) in [7, 11) is 0. The summed E-state index contributed by atoms with van der Waals surface area (Å²) >= 11 is 6.15. The van der Waals surface area contributed by atoms with Gasteiger partial charge in [-0.2, -0.15) is 0 Å². The molecule has 0 aromatic carbocycles. The summed E-state index contributed by atoms with van der Waals surface area (Å²) in [6.07, 6.45) is 6.03. The van der Waals surface area contributed by atoms with Crippen molar-refractivity contribution in [3.05, 3.63) is 17.0 Å². The smallest absolute Gasteiger partial charge is 0.138 e. The number of aliphatic hydroxyl groups is 1. The van der Waals surface area contributed by atoms with E-state index in [4.69, 9.17) is 11.6 Å². The lowest BCUT2D eigenvalue weighted by Gasteiger charge is -2.27. The fourth-order valence-electron chi connectivity index (χ4n) is 2.81. The molecule has 1 aliphatic rings. The van der Waals surface area contributed by atoms with Crippen LogP contribution in [0.3, 0.4) is 0 Å². The number of nitrogens with zero attached hydrogens (tertiary/aromatic N) is 2. The molecule has 0 amide bonds. The van der Waals surface area contributed by atoms with Gasteiger partial charge in [0.05, 0.1) is 6.61 Å². The molecule has 0 unspecified atom stereocenters. The zero-order valence-electron chi connectivity index (χ0n) is 11.6. The van der Waals surface area contributed by atoms with Crippen LogP contribution in [-0.2, 0) is 0 Å². The number of anilines is 1. The molecule has 2 N–H and O–H groups in total. The predicted octanol–water partition coefficient (Wildman–Crippen LogP) is 3.22. The van der Waals surface area contributed by atoms with Gasteiger partial charge in [-0.1, -0.05) is 38.3 Å². The molecule has 1 aromatic rings. The van der Waals surface area contributed by atoms with Crippen LogP contribution in [-0.4, -0.2) is 28.2 Å². The Kier molecular flexibility index (Phi) is 4.63. The number of hydrogen-bond acceptors (Lipinski definition) is 4. The molecule has 1 aliphatic carbocycles. The van der Waals surface area contributed by atoms with Crippen molar-refractivity contribution in [1.82, 2.24) is 9.97 Å². The Hall–Kier alpha value is -0.870. The molecule has 4 nitrogen and oxygen atoms in total. The Balaban J connectivity index is 2.13. The van der Waals surface area contributed by atoms with Gasteiger partial charge in [0.1, 0.15) is 17.3 Å². The van der Waals surface area contributed by atoms with Crippen molar-refractivity contribution < 1.29 is 5.11 Å². The van der Waals surface area contributed by atoms with Gasteiger partial charge in [-0.25, -0.2) is 9.97 Å². The molecule has 0 atom stereocenters. The molecular formula is C14H22ClN3O. The van der Waals surface area contributed by atoms with Crippen LogP contribution in [0.1, 0.15) is 51.0 Å².